The molecule has 3 N–H and O–H groups in total. The summed E-state index contributed by atoms with van der Waals surface area (Å²) in [6, 6.07) is 0. The van der Waals surface area contributed by atoms with Crippen LogP contribution in [0.3, 0.4) is 0 Å². The zero-order chi connectivity index (χ0) is 6.41. The molecule has 0 spiro atoms. The summed E-state index contributed by atoms with van der Waals surface area (Å²) in [5.41, 5.74) is 0. The third-order valence-corrected chi connectivity index (χ3v) is 1.86. The number of hydrogen-bond acceptors (Lipinski definition) is 3. The summed E-state index contributed by atoms with van der Waals surface area (Å²) in [6.45, 7) is 0.386. The molecule has 0 fully saturated rings. The molecule has 0 heterocycles. The van der Waals surface area contributed by atoms with E-state index in [1.807, 2.05) is 0 Å². The van der Waals surface area contributed by atoms with Gasteiger partial charge in [-0.15, -0.1) is 0 Å². The van der Waals surface area contributed by atoms with Crippen LogP contribution in [0.2, 0.25) is 0 Å². The maximum atomic E-state index is 8.69. The van der Waals surface area contributed by atoms with Gasteiger partial charge in [-0.2, -0.15) is 0 Å². The van der Waals surface area contributed by atoms with Gasteiger partial charge in [-0.05, 0) is 0 Å². The average Bonchev–Trinajstić information content (AvgIpc) is 1.83. The van der Waals surface area contributed by atoms with Gasteiger partial charge in [0.1, 0.15) is 0 Å². The van der Waals surface area contributed by atoms with Gasteiger partial charge >= 0.3 is 59.4 Å². The van der Waals surface area contributed by atoms with Crippen LogP contribution in [0.5, 0.6) is 0 Å². The van der Waals surface area contributed by atoms with E-state index in [1.54, 1.807) is 0 Å². The molecule has 0 aromatic heterocycles. The van der Waals surface area contributed by atoms with Crippen molar-refractivity contribution in [1.29, 1.82) is 0 Å². The Bertz CT molecular complexity index is 53.3. The van der Waals surface area contributed by atoms with Gasteiger partial charge in [0.25, 0.3) is 0 Å². The number of aliphatic hydroxyl groups is 2. The summed E-state index contributed by atoms with van der Waals surface area (Å²) in [6.07, 6.45) is -0.574. The first-order valence-corrected chi connectivity index (χ1v) is 5.55. The topological polar surface area (TPSA) is 52.5 Å². The molecule has 0 aromatic carbocycles. The van der Waals surface area contributed by atoms with Crippen LogP contribution in [0.1, 0.15) is 0 Å². The van der Waals surface area contributed by atoms with Crippen molar-refractivity contribution < 1.29 is 31.7 Å². The van der Waals surface area contributed by atoms with Crippen molar-refractivity contribution in [2.75, 3.05) is 18.1 Å². The normalized spacial score (nSPS) is 14.4. The first-order valence-electron chi connectivity index (χ1n) is 2.31. The molecule has 0 aromatic rings. The Balaban J connectivity index is 2.86. The first-order chi connectivity index (χ1) is 3.81. The van der Waals surface area contributed by atoms with E-state index in [9.17, 15) is 0 Å². The Morgan fingerprint density at radius 3 is 2.75 bits per heavy atom. The van der Waals surface area contributed by atoms with Gasteiger partial charge in [-0.1, -0.05) is 0 Å². The van der Waals surface area contributed by atoms with Crippen LogP contribution in [0.25, 0.3) is 0 Å². The molecular weight excluding hydrogens is 221 g/mol. The van der Waals surface area contributed by atoms with E-state index in [4.69, 9.17) is 10.2 Å². The standard InChI is InChI=1S/C4H11INO2/c1-5-6-2-4(8)3-7/h4,6-8H,2-3H2,1H3/q-1/t4-/m0/s1. The Labute approximate surface area is 59.7 Å². The maximum absolute atomic E-state index is 8.69. The Kier molecular flexibility index (Phi) is 6.18. The van der Waals surface area contributed by atoms with Crippen molar-refractivity contribution in [2.24, 2.45) is 0 Å². The number of hydrogen-bond donors (Lipinski definition) is 3. The second kappa shape index (κ2) is 5.74. The molecule has 0 saturated carbocycles. The zero-order valence-corrected chi connectivity index (χ0v) is 6.92. The van der Waals surface area contributed by atoms with Gasteiger partial charge in [0.15, 0.2) is 0 Å². The monoisotopic (exact) mass is 232 g/mol. The van der Waals surface area contributed by atoms with E-state index in [0.29, 0.717) is 6.54 Å². The van der Waals surface area contributed by atoms with E-state index >= 15 is 0 Å². The molecule has 0 aliphatic carbocycles. The van der Waals surface area contributed by atoms with Crippen LogP contribution >= 0.6 is 0 Å². The molecule has 4 heteroatoms. The van der Waals surface area contributed by atoms with Crippen molar-refractivity contribution in [2.45, 2.75) is 6.10 Å². The van der Waals surface area contributed by atoms with Gasteiger partial charge in [-0.25, -0.2) is 0 Å². The molecule has 1 atom stereocenters. The molecular formula is C4H11INO2-. The van der Waals surface area contributed by atoms with E-state index in [-0.39, 0.29) is 28.1 Å². The number of aliphatic hydroxyl groups excluding tert-OH is 2. The molecule has 0 bridgehead atoms. The van der Waals surface area contributed by atoms with Crippen LogP contribution < -0.4 is 25.0 Å². The van der Waals surface area contributed by atoms with Crippen LogP contribution in [0.4, 0.5) is 0 Å². The fraction of sp³-hybridized carbons (Fsp3) is 1.00. The first kappa shape index (κ1) is 8.61. The summed E-state index contributed by atoms with van der Waals surface area (Å²) >= 11 is 0.0466. The van der Waals surface area contributed by atoms with E-state index in [0.717, 1.165) is 0 Å². The predicted octanol–water partition coefficient (Wildman–Crippen LogP) is -4.44. The van der Waals surface area contributed by atoms with Gasteiger partial charge < -0.3 is 0 Å². The Morgan fingerprint density at radius 2 is 2.38 bits per heavy atom. The average molecular weight is 232 g/mol. The summed E-state index contributed by atoms with van der Waals surface area (Å²) in [7, 11) is 0. The number of halogens is 1. The van der Waals surface area contributed by atoms with Crippen molar-refractivity contribution in [1.82, 2.24) is 3.53 Å². The third-order valence-electron chi connectivity index (χ3n) is 0.657. The fourth-order valence-corrected chi connectivity index (χ4v) is 1.18. The van der Waals surface area contributed by atoms with E-state index in [1.165, 1.54) is 0 Å². The molecule has 0 saturated heterocycles. The number of nitrogens with one attached hydrogen (secondary N) is 1. The molecule has 0 unspecified atom stereocenters. The van der Waals surface area contributed by atoms with Crippen LogP contribution in [-0.2, 0) is 0 Å². The minimum absolute atomic E-state index is 0.0466. The molecule has 3 nitrogen and oxygen atoms in total. The molecule has 0 radical (unpaired) electrons. The minimum atomic E-state index is -0.574. The van der Waals surface area contributed by atoms with Crippen LogP contribution in [0.15, 0.2) is 0 Å². The number of rotatable bonds is 4. The van der Waals surface area contributed by atoms with Crippen molar-refractivity contribution in [3.63, 3.8) is 0 Å². The Morgan fingerprint density at radius 1 is 1.75 bits per heavy atom. The molecule has 0 aliphatic rings. The molecule has 0 rings (SSSR count). The van der Waals surface area contributed by atoms with Gasteiger partial charge in [0.2, 0.25) is 0 Å². The second-order valence-corrected chi connectivity index (χ2v) is 3.20. The predicted molar refractivity (Wildman–Crippen MR) is 27.0 cm³/mol. The Hall–Kier alpha value is 0.610. The van der Waals surface area contributed by atoms with Crippen molar-refractivity contribution in [3.8, 4) is 0 Å². The summed E-state index contributed by atoms with van der Waals surface area (Å²) in [5.74, 6) is 0. The molecule has 8 heavy (non-hydrogen) atoms. The summed E-state index contributed by atoms with van der Waals surface area (Å²) in [4.78, 5) is 2.06. The van der Waals surface area contributed by atoms with E-state index < -0.39 is 6.10 Å². The molecule has 0 amide bonds. The van der Waals surface area contributed by atoms with E-state index in [2.05, 4.69) is 8.46 Å². The fourth-order valence-electron chi connectivity index (χ4n) is 0.231. The third kappa shape index (κ3) is 4.76. The molecule has 0 aliphatic heterocycles. The SMILES string of the molecule is C[I-]NC[C@H](O)CO. The van der Waals surface area contributed by atoms with Gasteiger partial charge in [0.05, 0.1) is 0 Å². The number of alkyl halides is 1. The van der Waals surface area contributed by atoms with Crippen LogP contribution in [-0.4, -0.2) is 34.4 Å². The molecule has 52 valence electrons. The van der Waals surface area contributed by atoms with Crippen molar-refractivity contribution in [3.05, 3.63) is 0 Å². The zero-order valence-electron chi connectivity index (χ0n) is 4.76. The van der Waals surface area contributed by atoms with Gasteiger partial charge in [-0.3, -0.25) is 0 Å². The second-order valence-electron chi connectivity index (χ2n) is 1.36. The quantitative estimate of drug-likeness (QED) is 0.260. The summed E-state index contributed by atoms with van der Waals surface area (Å²) < 4.78 is 3.00. The van der Waals surface area contributed by atoms with Crippen molar-refractivity contribution >= 4 is 0 Å². The van der Waals surface area contributed by atoms with Crippen LogP contribution in [0, 0.1) is 0 Å². The van der Waals surface area contributed by atoms with Gasteiger partial charge in [0, 0.05) is 0 Å². The summed E-state index contributed by atoms with van der Waals surface area (Å²) in [5, 5.41) is 17.0.